The fourth-order valence-electron chi connectivity index (χ4n) is 2.25. The highest BCUT2D eigenvalue weighted by Gasteiger charge is 2.18. The number of aromatic amines is 1. The number of carbonyl (C=O) groups is 1. The molecule has 0 saturated carbocycles. The SMILES string of the molecule is CCn1c(=O)c2[nH]c(CC(=O)O)nc2n(CC(C)C)c1=O. The third-order valence-electron chi connectivity index (χ3n) is 3.09. The molecule has 0 fully saturated rings. The number of imidazole rings is 1. The quantitative estimate of drug-likeness (QED) is 0.818. The second-order valence-corrected chi connectivity index (χ2v) is 5.29. The molecule has 2 aromatic rings. The molecule has 0 radical (unpaired) electrons. The van der Waals surface area contributed by atoms with Crippen LogP contribution in [0.3, 0.4) is 0 Å². The van der Waals surface area contributed by atoms with Gasteiger partial charge in [0.15, 0.2) is 5.65 Å². The molecule has 0 aliphatic heterocycles. The molecule has 2 N–H and O–H groups in total. The van der Waals surface area contributed by atoms with Crippen molar-refractivity contribution in [3.63, 3.8) is 0 Å². The summed E-state index contributed by atoms with van der Waals surface area (Å²) in [5.74, 6) is -0.698. The van der Waals surface area contributed by atoms with Gasteiger partial charge >= 0.3 is 11.7 Å². The lowest BCUT2D eigenvalue weighted by atomic mass is 10.2. The van der Waals surface area contributed by atoms with Crippen molar-refractivity contribution >= 4 is 17.1 Å². The van der Waals surface area contributed by atoms with Crippen molar-refractivity contribution in [3.8, 4) is 0 Å². The molecular formula is C13H18N4O4. The van der Waals surface area contributed by atoms with Crippen molar-refractivity contribution in [3.05, 3.63) is 26.7 Å². The lowest BCUT2D eigenvalue weighted by molar-refractivity contribution is -0.136. The molecule has 0 atom stereocenters. The highest BCUT2D eigenvalue weighted by Crippen LogP contribution is 2.08. The van der Waals surface area contributed by atoms with Gasteiger partial charge in [0.2, 0.25) is 0 Å². The number of H-pyrrole nitrogens is 1. The normalized spacial score (nSPS) is 11.4. The number of carboxylic acids is 1. The summed E-state index contributed by atoms with van der Waals surface area (Å²) in [6.07, 6.45) is -0.323. The standard InChI is InChI=1S/C13H18N4O4/c1-4-16-12(20)10-11(15-8(14-10)5-9(18)19)17(13(16)21)6-7(2)3/h7H,4-6H2,1-3H3,(H,14,15)(H,18,19). The molecule has 0 saturated heterocycles. The van der Waals surface area contributed by atoms with Crippen LogP contribution in [0.15, 0.2) is 9.59 Å². The average molecular weight is 294 g/mol. The van der Waals surface area contributed by atoms with E-state index in [-0.39, 0.29) is 35.9 Å². The van der Waals surface area contributed by atoms with E-state index < -0.39 is 17.2 Å². The smallest absolute Gasteiger partial charge is 0.332 e. The van der Waals surface area contributed by atoms with Gasteiger partial charge in [-0.05, 0) is 12.8 Å². The number of hydrogen-bond acceptors (Lipinski definition) is 4. The Kier molecular flexibility index (Phi) is 3.97. The Balaban J connectivity index is 2.78. The molecule has 2 rings (SSSR count). The van der Waals surface area contributed by atoms with Crippen LogP contribution >= 0.6 is 0 Å². The van der Waals surface area contributed by atoms with E-state index in [1.165, 1.54) is 4.57 Å². The first-order chi connectivity index (χ1) is 9.85. The monoisotopic (exact) mass is 294 g/mol. The summed E-state index contributed by atoms with van der Waals surface area (Å²) in [6.45, 7) is 6.27. The van der Waals surface area contributed by atoms with Gasteiger partial charge in [-0.25, -0.2) is 9.78 Å². The molecule has 2 aromatic heterocycles. The molecule has 0 aromatic carbocycles. The molecule has 0 unspecified atom stereocenters. The van der Waals surface area contributed by atoms with E-state index >= 15 is 0 Å². The molecule has 21 heavy (non-hydrogen) atoms. The van der Waals surface area contributed by atoms with Crippen molar-refractivity contribution in [2.24, 2.45) is 5.92 Å². The van der Waals surface area contributed by atoms with E-state index in [2.05, 4.69) is 9.97 Å². The molecule has 2 heterocycles. The zero-order chi connectivity index (χ0) is 15.7. The largest absolute Gasteiger partial charge is 0.481 e. The Bertz CT molecular complexity index is 797. The molecule has 0 aliphatic rings. The van der Waals surface area contributed by atoms with Gasteiger partial charge in [0.25, 0.3) is 5.56 Å². The van der Waals surface area contributed by atoms with Crippen LogP contribution in [0.4, 0.5) is 0 Å². The number of rotatable bonds is 5. The third-order valence-corrected chi connectivity index (χ3v) is 3.09. The van der Waals surface area contributed by atoms with E-state index in [0.717, 1.165) is 4.57 Å². The second-order valence-electron chi connectivity index (χ2n) is 5.29. The minimum absolute atomic E-state index is 0.167. The predicted molar refractivity (Wildman–Crippen MR) is 76.5 cm³/mol. The fraction of sp³-hybridized carbons (Fsp3) is 0.538. The van der Waals surface area contributed by atoms with Crippen LogP contribution in [0.2, 0.25) is 0 Å². The zero-order valence-electron chi connectivity index (χ0n) is 12.2. The maximum absolute atomic E-state index is 12.4. The Morgan fingerprint density at radius 2 is 2.00 bits per heavy atom. The van der Waals surface area contributed by atoms with Crippen molar-refractivity contribution in [2.75, 3.05) is 0 Å². The first-order valence-corrected chi connectivity index (χ1v) is 6.79. The highest BCUT2D eigenvalue weighted by molar-refractivity contribution is 5.73. The summed E-state index contributed by atoms with van der Waals surface area (Å²) in [5.41, 5.74) is -0.494. The Morgan fingerprint density at radius 3 is 2.52 bits per heavy atom. The summed E-state index contributed by atoms with van der Waals surface area (Å²) < 4.78 is 2.54. The van der Waals surface area contributed by atoms with Gasteiger partial charge in [0.1, 0.15) is 17.8 Å². The van der Waals surface area contributed by atoms with Crippen LogP contribution < -0.4 is 11.2 Å². The van der Waals surface area contributed by atoms with Crippen LogP contribution in [0.25, 0.3) is 11.2 Å². The highest BCUT2D eigenvalue weighted by atomic mass is 16.4. The van der Waals surface area contributed by atoms with E-state index in [1.807, 2.05) is 13.8 Å². The molecule has 8 nitrogen and oxygen atoms in total. The van der Waals surface area contributed by atoms with Crippen LogP contribution in [0.1, 0.15) is 26.6 Å². The number of hydrogen-bond donors (Lipinski definition) is 2. The number of aliphatic carboxylic acids is 1. The van der Waals surface area contributed by atoms with E-state index in [0.29, 0.717) is 6.54 Å². The molecule has 114 valence electrons. The number of fused-ring (bicyclic) bond motifs is 1. The summed E-state index contributed by atoms with van der Waals surface area (Å²) in [6, 6.07) is 0. The minimum Gasteiger partial charge on any atom is -0.481 e. The molecular weight excluding hydrogens is 276 g/mol. The summed E-state index contributed by atoms with van der Waals surface area (Å²) >= 11 is 0. The average Bonchev–Trinajstić information content (AvgIpc) is 2.78. The van der Waals surface area contributed by atoms with Crippen LogP contribution in [0.5, 0.6) is 0 Å². The topological polar surface area (TPSA) is 110 Å². The molecule has 0 spiro atoms. The second kappa shape index (κ2) is 5.55. The number of nitrogens with one attached hydrogen (secondary N) is 1. The maximum Gasteiger partial charge on any atom is 0.332 e. The Hall–Kier alpha value is -2.38. The van der Waals surface area contributed by atoms with Gasteiger partial charge in [-0.15, -0.1) is 0 Å². The minimum atomic E-state index is -1.05. The molecule has 8 heteroatoms. The fourth-order valence-corrected chi connectivity index (χ4v) is 2.25. The molecule has 0 amide bonds. The van der Waals surface area contributed by atoms with Crippen molar-refractivity contribution in [1.82, 2.24) is 19.1 Å². The number of nitrogens with zero attached hydrogens (tertiary/aromatic N) is 3. The zero-order valence-corrected chi connectivity index (χ0v) is 12.2. The summed E-state index contributed by atoms with van der Waals surface area (Å²) in [4.78, 5) is 42.2. The van der Waals surface area contributed by atoms with Gasteiger partial charge in [-0.3, -0.25) is 18.7 Å². The van der Waals surface area contributed by atoms with Gasteiger partial charge in [-0.2, -0.15) is 0 Å². The van der Waals surface area contributed by atoms with Crippen LogP contribution in [-0.4, -0.2) is 30.2 Å². The first kappa shape index (κ1) is 15.0. The van der Waals surface area contributed by atoms with E-state index in [4.69, 9.17) is 5.11 Å². The Morgan fingerprint density at radius 1 is 1.33 bits per heavy atom. The molecule has 0 bridgehead atoms. The number of carboxylic acid groups (broad SMARTS) is 1. The van der Waals surface area contributed by atoms with Crippen molar-refractivity contribution in [1.29, 1.82) is 0 Å². The lowest BCUT2D eigenvalue weighted by Crippen LogP contribution is -2.40. The summed E-state index contributed by atoms with van der Waals surface area (Å²) in [5, 5.41) is 8.82. The van der Waals surface area contributed by atoms with Crippen molar-refractivity contribution < 1.29 is 9.90 Å². The Labute approximate surface area is 120 Å². The maximum atomic E-state index is 12.4. The van der Waals surface area contributed by atoms with Crippen LogP contribution in [-0.2, 0) is 24.3 Å². The van der Waals surface area contributed by atoms with Crippen LogP contribution in [0, 0.1) is 5.92 Å². The van der Waals surface area contributed by atoms with E-state index in [1.54, 1.807) is 6.92 Å². The van der Waals surface area contributed by atoms with Gasteiger partial charge in [-0.1, -0.05) is 13.8 Å². The lowest BCUT2D eigenvalue weighted by Gasteiger charge is -2.11. The first-order valence-electron chi connectivity index (χ1n) is 6.79. The van der Waals surface area contributed by atoms with Gasteiger partial charge in [0.05, 0.1) is 0 Å². The van der Waals surface area contributed by atoms with Gasteiger partial charge < -0.3 is 10.1 Å². The summed E-state index contributed by atoms with van der Waals surface area (Å²) in [7, 11) is 0. The number of aromatic nitrogens is 4. The van der Waals surface area contributed by atoms with E-state index in [9.17, 15) is 14.4 Å². The van der Waals surface area contributed by atoms with Gasteiger partial charge in [0, 0.05) is 13.1 Å². The van der Waals surface area contributed by atoms with Crippen molar-refractivity contribution in [2.45, 2.75) is 40.3 Å². The molecule has 0 aliphatic carbocycles. The predicted octanol–water partition coefficient (Wildman–Crippen LogP) is 0.189. The third kappa shape index (κ3) is 2.74.